The normalized spacial score (nSPS) is 45.0. The molecule has 64 valence electrons. The van der Waals surface area contributed by atoms with E-state index >= 15 is 0 Å². The van der Waals surface area contributed by atoms with Crippen LogP contribution in [0.2, 0.25) is 0 Å². The van der Waals surface area contributed by atoms with Crippen molar-refractivity contribution in [2.75, 3.05) is 19.6 Å². The summed E-state index contributed by atoms with van der Waals surface area (Å²) < 4.78 is 0. The third-order valence-corrected chi connectivity index (χ3v) is 2.81. The van der Waals surface area contributed by atoms with Crippen molar-refractivity contribution in [3.63, 3.8) is 0 Å². The Morgan fingerprint density at radius 2 is 2.18 bits per heavy atom. The maximum Gasteiger partial charge on any atom is 0.0679 e. The van der Waals surface area contributed by atoms with E-state index in [4.69, 9.17) is 0 Å². The largest absolute Gasteiger partial charge is 0.392 e. The van der Waals surface area contributed by atoms with Gasteiger partial charge in [-0.25, -0.2) is 0 Å². The molecule has 2 aliphatic rings. The van der Waals surface area contributed by atoms with Gasteiger partial charge in [-0.15, -0.1) is 0 Å². The zero-order valence-electron chi connectivity index (χ0n) is 6.71. The van der Waals surface area contributed by atoms with E-state index in [0.717, 1.165) is 32.0 Å². The van der Waals surface area contributed by atoms with Crippen LogP contribution in [0.4, 0.5) is 0 Å². The summed E-state index contributed by atoms with van der Waals surface area (Å²) in [5, 5.41) is 16.0. The molecule has 0 bridgehead atoms. The molecule has 3 nitrogen and oxygen atoms in total. The third kappa shape index (κ3) is 1.55. The maximum atomic E-state index is 9.28. The molecule has 11 heavy (non-hydrogen) atoms. The molecule has 0 saturated carbocycles. The van der Waals surface area contributed by atoms with Gasteiger partial charge < -0.3 is 15.7 Å². The Hall–Kier alpha value is -0.120. The molecule has 3 N–H and O–H groups in total. The fourth-order valence-electron chi connectivity index (χ4n) is 2.13. The van der Waals surface area contributed by atoms with Crippen molar-refractivity contribution in [2.24, 2.45) is 5.92 Å². The zero-order valence-corrected chi connectivity index (χ0v) is 6.71. The Labute approximate surface area is 67.2 Å². The van der Waals surface area contributed by atoms with Crippen molar-refractivity contribution < 1.29 is 5.11 Å². The molecule has 3 heteroatoms. The second-order valence-electron chi connectivity index (χ2n) is 3.66. The summed E-state index contributed by atoms with van der Waals surface area (Å²) >= 11 is 0. The summed E-state index contributed by atoms with van der Waals surface area (Å²) in [5.74, 6) is 0.757. The molecule has 2 heterocycles. The monoisotopic (exact) mass is 156 g/mol. The molecule has 3 atom stereocenters. The van der Waals surface area contributed by atoms with Crippen molar-refractivity contribution in [3.8, 4) is 0 Å². The number of rotatable bonds is 1. The van der Waals surface area contributed by atoms with Gasteiger partial charge in [0.2, 0.25) is 0 Å². The Balaban J connectivity index is 1.85. The van der Waals surface area contributed by atoms with Crippen LogP contribution in [-0.4, -0.2) is 36.9 Å². The third-order valence-electron chi connectivity index (χ3n) is 2.81. The predicted molar refractivity (Wildman–Crippen MR) is 43.4 cm³/mol. The van der Waals surface area contributed by atoms with Gasteiger partial charge in [0.05, 0.1) is 6.10 Å². The molecule has 0 spiro atoms. The molecule has 2 aliphatic heterocycles. The number of aliphatic hydroxyl groups is 1. The Bertz CT molecular complexity index is 134. The van der Waals surface area contributed by atoms with Crippen molar-refractivity contribution in [1.82, 2.24) is 10.6 Å². The highest BCUT2D eigenvalue weighted by Crippen LogP contribution is 2.20. The molecule has 0 amide bonds. The molecule has 0 aromatic carbocycles. The number of hydrogen-bond donors (Lipinski definition) is 3. The molecule has 2 fully saturated rings. The highest BCUT2D eigenvalue weighted by atomic mass is 16.3. The van der Waals surface area contributed by atoms with Crippen LogP contribution in [0.1, 0.15) is 12.8 Å². The summed E-state index contributed by atoms with van der Waals surface area (Å²) in [6.07, 6.45) is 2.12. The van der Waals surface area contributed by atoms with E-state index in [9.17, 15) is 5.11 Å². The highest BCUT2D eigenvalue weighted by Gasteiger charge is 2.30. The fourth-order valence-corrected chi connectivity index (χ4v) is 2.13. The lowest BCUT2D eigenvalue weighted by Crippen LogP contribution is -2.31. The van der Waals surface area contributed by atoms with Crippen LogP contribution in [0.5, 0.6) is 0 Å². The van der Waals surface area contributed by atoms with E-state index in [1.165, 1.54) is 6.42 Å². The van der Waals surface area contributed by atoms with Gasteiger partial charge in [-0.3, -0.25) is 0 Å². The number of aliphatic hydroxyl groups excluding tert-OH is 1. The van der Waals surface area contributed by atoms with Gasteiger partial charge in [0.1, 0.15) is 0 Å². The van der Waals surface area contributed by atoms with Crippen LogP contribution in [-0.2, 0) is 0 Å². The zero-order chi connectivity index (χ0) is 7.68. The summed E-state index contributed by atoms with van der Waals surface area (Å²) in [6, 6.07) is 0.569. The maximum absolute atomic E-state index is 9.28. The predicted octanol–water partition coefficient (Wildman–Crippen LogP) is -0.681. The van der Waals surface area contributed by atoms with Crippen molar-refractivity contribution >= 4 is 0 Å². The van der Waals surface area contributed by atoms with Gasteiger partial charge in [0, 0.05) is 12.6 Å². The molecule has 0 aliphatic carbocycles. The topological polar surface area (TPSA) is 44.3 Å². The summed E-state index contributed by atoms with van der Waals surface area (Å²) in [5.41, 5.74) is 0. The molecule has 0 unspecified atom stereocenters. The molecule has 0 aromatic heterocycles. The standard InChI is InChI=1S/C8H16N2O/c11-7-3-8(10-5-7)6-1-2-9-4-6/h6-11H,1-5H2/t6-,7-,8+/m1/s1. The van der Waals surface area contributed by atoms with Gasteiger partial charge in [0.25, 0.3) is 0 Å². The van der Waals surface area contributed by atoms with E-state index in [1.807, 2.05) is 0 Å². The Kier molecular flexibility index (Phi) is 2.11. The second kappa shape index (κ2) is 3.09. The van der Waals surface area contributed by atoms with E-state index in [-0.39, 0.29) is 6.10 Å². The second-order valence-corrected chi connectivity index (χ2v) is 3.66. The van der Waals surface area contributed by atoms with Gasteiger partial charge in [-0.05, 0) is 31.8 Å². The quantitative estimate of drug-likeness (QED) is 0.471. The first-order valence-corrected chi connectivity index (χ1v) is 4.48. The van der Waals surface area contributed by atoms with Crippen LogP contribution in [0.3, 0.4) is 0 Å². The van der Waals surface area contributed by atoms with Crippen LogP contribution < -0.4 is 10.6 Å². The summed E-state index contributed by atoms with van der Waals surface area (Å²) in [4.78, 5) is 0. The van der Waals surface area contributed by atoms with Crippen LogP contribution in [0, 0.1) is 5.92 Å². The molecular formula is C8H16N2O. The van der Waals surface area contributed by atoms with Gasteiger partial charge >= 0.3 is 0 Å². The number of nitrogens with one attached hydrogen (secondary N) is 2. The smallest absolute Gasteiger partial charge is 0.0679 e. The summed E-state index contributed by atoms with van der Waals surface area (Å²) in [7, 11) is 0. The average molecular weight is 156 g/mol. The first-order valence-electron chi connectivity index (χ1n) is 4.48. The molecule has 0 radical (unpaired) electrons. The minimum Gasteiger partial charge on any atom is -0.392 e. The van der Waals surface area contributed by atoms with E-state index in [1.54, 1.807) is 0 Å². The van der Waals surface area contributed by atoms with Gasteiger partial charge in [-0.1, -0.05) is 0 Å². The molecule has 0 aromatic rings. The van der Waals surface area contributed by atoms with Gasteiger partial charge in [-0.2, -0.15) is 0 Å². The van der Waals surface area contributed by atoms with E-state index < -0.39 is 0 Å². The average Bonchev–Trinajstić information content (AvgIpc) is 2.55. The highest BCUT2D eigenvalue weighted by molar-refractivity contribution is 4.89. The summed E-state index contributed by atoms with van der Waals surface area (Å²) in [6.45, 7) is 3.07. The van der Waals surface area contributed by atoms with Crippen LogP contribution in [0.15, 0.2) is 0 Å². The van der Waals surface area contributed by atoms with Crippen LogP contribution in [0.25, 0.3) is 0 Å². The van der Waals surface area contributed by atoms with Crippen molar-refractivity contribution in [3.05, 3.63) is 0 Å². The molecular weight excluding hydrogens is 140 g/mol. The first kappa shape index (κ1) is 7.53. The number of β-amino-alcohol motifs (C(OH)–C–C–N with tert-alkyl or cyclic N) is 1. The van der Waals surface area contributed by atoms with Gasteiger partial charge in [0.15, 0.2) is 0 Å². The molecule has 2 saturated heterocycles. The molecule has 2 rings (SSSR count). The minimum atomic E-state index is -0.0967. The number of hydrogen-bond acceptors (Lipinski definition) is 3. The Morgan fingerprint density at radius 3 is 2.73 bits per heavy atom. The lowest BCUT2D eigenvalue weighted by molar-refractivity contribution is 0.190. The van der Waals surface area contributed by atoms with E-state index in [2.05, 4.69) is 10.6 Å². The Morgan fingerprint density at radius 1 is 1.27 bits per heavy atom. The van der Waals surface area contributed by atoms with Crippen molar-refractivity contribution in [2.45, 2.75) is 25.0 Å². The van der Waals surface area contributed by atoms with E-state index in [0.29, 0.717) is 6.04 Å². The SMILES string of the molecule is O[C@H]1CN[C@H]([C@@H]2CCNC2)C1. The fraction of sp³-hybridized carbons (Fsp3) is 1.00. The minimum absolute atomic E-state index is 0.0967. The van der Waals surface area contributed by atoms with Crippen LogP contribution >= 0.6 is 0 Å². The van der Waals surface area contributed by atoms with Crippen molar-refractivity contribution in [1.29, 1.82) is 0 Å². The lowest BCUT2D eigenvalue weighted by atomic mass is 9.97. The lowest BCUT2D eigenvalue weighted by Gasteiger charge is -2.16. The first-order chi connectivity index (χ1) is 5.36.